The van der Waals surface area contributed by atoms with Crippen molar-refractivity contribution in [1.82, 2.24) is 0 Å². The van der Waals surface area contributed by atoms with E-state index in [1.807, 2.05) is 20.8 Å². The van der Waals surface area contributed by atoms with Gasteiger partial charge in [-0.15, -0.1) is 0 Å². The SMILES string of the molecule is CC(C)CCC1(C(=O)C(C)(C)C)CC1. The molecule has 0 aromatic carbocycles. The summed E-state index contributed by atoms with van der Waals surface area (Å²) >= 11 is 0. The Hall–Kier alpha value is -0.330. The zero-order chi connectivity index (χ0) is 11.0. The minimum atomic E-state index is -0.145. The predicted octanol–water partition coefficient (Wildman–Crippen LogP) is 3.82. The maximum atomic E-state index is 12.2. The molecular weight excluding hydrogens is 172 g/mol. The number of ketones is 1. The van der Waals surface area contributed by atoms with Gasteiger partial charge in [0.15, 0.2) is 0 Å². The van der Waals surface area contributed by atoms with Gasteiger partial charge in [-0.2, -0.15) is 0 Å². The van der Waals surface area contributed by atoms with Gasteiger partial charge in [0.2, 0.25) is 0 Å². The third-order valence-corrected chi connectivity index (χ3v) is 3.22. The fourth-order valence-corrected chi connectivity index (χ4v) is 2.10. The predicted molar refractivity (Wildman–Crippen MR) is 60.2 cm³/mol. The van der Waals surface area contributed by atoms with Crippen LogP contribution in [0.1, 0.15) is 60.3 Å². The van der Waals surface area contributed by atoms with E-state index in [4.69, 9.17) is 0 Å². The lowest BCUT2D eigenvalue weighted by atomic mass is 9.78. The van der Waals surface area contributed by atoms with Crippen LogP contribution in [0.3, 0.4) is 0 Å². The highest BCUT2D eigenvalue weighted by Gasteiger charge is 2.51. The highest BCUT2D eigenvalue weighted by Crippen LogP contribution is 2.54. The van der Waals surface area contributed by atoms with Crippen LogP contribution in [-0.4, -0.2) is 5.78 Å². The normalized spacial score (nSPS) is 19.9. The lowest BCUT2D eigenvalue weighted by Crippen LogP contribution is -2.29. The number of hydrogen-bond acceptors (Lipinski definition) is 1. The first-order valence-electron chi connectivity index (χ1n) is 5.83. The molecule has 1 rings (SSSR count). The highest BCUT2D eigenvalue weighted by atomic mass is 16.1. The maximum Gasteiger partial charge on any atom is 0.144 e. The van der Waals surface area contributed by atoms with E-state index in [-0.39, 0.29) is 10.8 Å². The van der Waals surface area contributed by atoms with Crippen LogP contribution in [0.2, 0.25) is 0 Å². The Morgan fingerprint density at radius 3 is 2.07 bits per heavy atom. The van der Waals surface area contributed by atoms with Gasteiger partial charge < -0.3 is 0 Å². The standard InChI is InChI=1S/C13H24O/c1-10(2)6-7-13(8-9-13)11(14)12(3,4)5/h10H,6-9H2,1-5H3. The minimum Gasteiger partial charge on any atom is -0.298 e. The third kappa shape index (κ3) is 2.59. The molecule has 0 aliphatic heterocycles. The second-order valence-electron chi connectivity index (χ2n) is 6.29. The lowest BCUT2D eigenvalue weighted by Gasteiger charge is -2.24. The molecule has 0 heterocycles. The van der Waals surface area contributed by atoms with Crippen LogP contribution >= 0.6 is 0 Å². The molecular formula is C13H24O. The summed E-state index contributed by atoms with van der Waals surface area (Å²) in [7, 11) is 0. The lowest BCUT2D eigenvalue weighted by molar-refractivity contribution is -0.132. The van der Waals surface area contributed by atoms with E-state index in [0.29, 0.717) is 5.78 Å². The van der Waals surface area contributed by atoms with Gasteiger partial charge in [-0.1, -0.05) is 41.0 Å². The highest BCUT2D eigenvalue weighted by molar-refractivity contribution is 5.91. The van der Waals surface area contributed by atoms with Gasteiger partial charge in [-0.3, -0.25) is 4.79 Å². The molecule has 1 fully saturated rings. The molecule has 0 radical (unpaired) electrons. The molecule has 0 spiro atoms. The van der Waals surface area contributed by atoms with Gasteiger partial charge in [0.25, 0.3) is 0 Å². The Labute approximate surface area is 88.3 Å². The molecule has 0 unspecified atom stereocenters. The summed E-state index contributed by atoms with van der Waals surface area (Å²) in [6.07, 6.45) is 4.58. The zero-order valence-corrected chi connectivity index (χ0v) is 10.3. The van der Waals surface area contributed by atoms with E-state index in [9.17, 15) is 4.79 Å². The Kier molecular flexibility index (Phi) is 3.08. The van der Waals surface area contributed by atoms with Crippen molar-refractivity contribution in [2.24, 2.45) is 16.7 Å². The summed E-state index contributed by atoms with van der Waals surface area (Å²) in [6.45, 7) is 10.6. The van der Waals surface area contributed by atoms with Crippen LogP contribution in [0.25, 0.3) is 0 Å². The first-order valence-corrected chi connectivity index (χ1v) is 5.83. The van der Waals surface area contributed by atoms with Gasteiger partial charge in [0.05, 0.1) is 0 Å². The molecule has 0 aromatic rings. The van der Waals surface area contributed by atoms with Crippen LogP contribution in [0, 0.1) is 16.7 Å². The first kappa shape index (κ1) is 11.7. The Bertz CT molecular complexity index is 216. The summed E-state index contributed by atoms with van der Waals surface area (Å²) in [5, 5.41) is 0. The van der Waals surface area contributed by atoms with Gasteiger partial charge in [0, 0.05) is 10.8 Å². The largest absolute Gasteiger partial charge is 0.298 e. The molecule has 1 aliphatic rings. The van der Waals surface area contributed by atoms with E-state index >= 15 is 0 Å². The molecule has 14 heavy (non-hydrogen) atoms. The zero-order valence-electron chi connectivity index (χ0n) is 10.3. The van der Waals surface area contributed by atoms with Crippen molar-refractivity contribution in [2.45, 2.75) is 60.3 Å². The monoisotopic (exact) mass is 196 g/mol. The summed E-state index contributed by atoms with van der Waals surface area (Å²) in [4.78, 5) is 12.2. The van der Waals surface area contributed by atoms with E-state index in [1.165, 1.54) is 6.42 Å². The molecule has 82 valence electrons. The van der Waals surface area contributed by atoms with E-state index in [2.05, 4.69) is 13.8 Å². The number of Topliss-reactive ketones (excluding diaryl/α,β-unsaturated/α-hetero) is 1. The Balaban J connectivity index is 2.54. The molecule has 0 atom stereocenters. The van der Waals surface area contributed by atoms with Crippen LogP contribution in [-0.2, 0) is 4.79 Å². The van der Waals surface area contributed by atoms with Crippen LogP contribution in [0.15, 0.2) is 0 Å². The quantitative estimate of drug-likeness (QED) is 0.668. The van der Waals surface area contributed by atoms with E-state index in [1.54, 1.807) is 0 Å². The number of hydrogen-bond donors (Lipinski definition) is 0. The van der Waals surface area contributed by atoms with Gasteiger partial charge in [-0.05, 0) is 25.2 Å². The van der Waals surface area contributed by atoms with E-state index < -0.39 is 0 Å². The average molecular weight is 196 g/mol. The minimum absolute atomic E-state index is 0.0858. The molecule has 1 aliphatic carbocycles. The fourth-order valence-electron chi connectivity index (χ4n) is 2.10. The molecule has 0 N–H and O–H groups in total. The van der Waals surface area contributed by atoms with Crippen molar-refractivity contribution >= 4 is 5.78 Å². The molecule has 0 bridgehead atoms. The Morgan fingerprint density at radius 1 is 1.29 bits per heavy atom. The smallest absolute Gasteiger partial charge is 0.144 e. The van der Waals surface area contributed by atoms with Gasteiger partial charge in [-0.25, -0.2) is 0 Å². The summed E-state index contributed by atoms with van der Waals surface area (Å²) in [5.41, 5.74) is -0.0595. The van der Waals surface area contributed by atoms with Crippen molar-refractivity contribution in [3.8, 4) is 0 Å². The topological polar surface area (TPSA) is 17.1 Å². The molecule has 0 saturated heterocycles. The first-order chi connectivity index (χ1) is 6.28. The van der Waals surface area contributed by atoms with Crippen molar-refractivity contribution in [3.63, 3.8) is 0 Å². The van der Waals surface area contributed by atoms with Crippen LogP contribution in [0.5, 0.6) is 0 Å². The second kappa shape index (κ2) is 3.67. The van der Waals surface area contributed by atoms with Crippen molar-refractivity contribution in [1.29, 1.82) is 0 Å². The number of carbonyl (C=O) groups is 1. The fraction of sp³-hybridized carbons (Fsp3) is 0.923. The third-order valence-electron chi connectivity index (χ3n) is 3.22. The van der Waals surface area contributed by atoms with Crippen molar-refractivity contribution < 1.29 is 4.79 Å². The molecule has 1 heteroatoms. The van der Waals surface area contributed by atoms with Crippen molar-refractivity contribution in [2.75, 3.05) is 0 Å². The molecule has 1 nitrogen and oxygen atoms in total. The molecule has 0 aromatic heterocycles. The van der Waals surface area contributed by atoms with E-state index in [0.717, 1.165) is 25.2 Å². The number of carbonyl (C=O) groups excluding carboxylic acids is 1. The van der Waals surface area contributed by atoms with Gasteiger partial charge in [0.1, 0.15) is 5.78 Å². The van der Waals surface area contributed by atoms with Gasteiger partial charge >= 0.3 is 0 Å². The Morgan fingerprint density at radius 2 is 1.79 bits per heavy atom. The summed E-state index contributed by atoms with van der Waals surface area (Å²) in [6, 6.07) is 0. The maximum absolute atomic E-state index is 12.2. The van der Waals surface area contributed by atoms with Crippen LogP contribution in [0.4, 0.5) is 0 Å². The molecule has 1 saturated carbocycles. The number of rotatable bonds is 4. The summed E-state index contributed by atoms with van der Waals surface area (Å²) < 4.78 is 0. The average Bonchev–Trinajstić information content (AvgIpc) is 2.78. The summed E-state index contributed by atoms with van der Waals surface area (Å²) in [5.74, 6) is 1.21. The van der Waals surface area contributed by atoms with Crippen molar-refractivity contribution in [3.05, 3.63) is 0 Å². The van der Waals surface area contributed by atoms with Crippen LogP contribution < -0.4 is 0 Å². The molecule has 0 amide bonds. The second-order valence-corrected chi connectivity index (χ2v) is 6.29.